The molecule has 0 aromatic heterocycles. The van der Waals surface area contributed by atoms with Gasteiger partial charge in [-0.3, -0.25) is 14.5 Å². The second kappa shape index (κ2) is 4.28. The van der Waals surface area contributed by atoms with Crippen LogP contribution < -0.4 is 0 Å². The van der Waals surface area contributed by atoms with Gasteiger partial charge in [-0.05, 0) is 12.8 Å². The Kier molecular flexibility index (Phi) is 3.29. The number of carboxylic acid groups (broad SMARTS) is 1. The second-order valence-corrected chi connectivity index (χ2v) is 3.15. The summed E-state index contributed by atoms with van der Waals surface area (Å²) >= 11 is 0. The molecule has 1 rings (SSSR count). The van der Waals surface area contributed by atoms with Crippen molar-refractivity contribution in [1.82, 2.24) is 9.96 Å². The van der Waals surface area contributed by atoms with Gasteiger partial charge < -0.3 is 5.11 Å². The third kappa shape index (κ3) is 1.95. The fourth-order valence-electron chi connectivity index (χ4n) is 1.55. The maximum absolute atomic E-state index is 11.6. The Balaban J connectivity index is 2.67. The summed E-state index contributed by atoms with van der Waals surface area (Å²) in [5, 5.41) is 9.86. The highest BCUT2D eigenvalue weighted by molar-refractivity contribution is 5.84. The highest BCUT2D eigenvalue weighted by Crippen LogP contribution is 2.18. The molecular weight excluding hydrogens is 188 g/mol. The molecule has 0 aromatic rings. The van der Waals surface area contributed by atoms with Gasteiger partial charge in [-0.1, -0.05) is 0 Å². The monoisotopic (exact) mass is 202 g/mol. The van der Waals surface area contributed by atoms with Crippen molar-refractivity contribution in [1.29, 1.82) is 0 Å². The first-order valence-corrected chi connectivity index (χ1v) is 4.39. The molecule has 14 heavy (non-hydrogen) atoms. The van der Waals surface area contributed by atoms with E-state index in [1.165, 1.54) is 14.2 Å². The molecule has 6 nitrogen and oxygen atoms in total. The molecule has 1 saturated heterocycles. The van der Waals surface area contributed by atoms with Crippen molar-refractivity contribution in [2.24, 2.45) is 0 Å². The smallest absolute Gasteiger partial charge is 0.407 e. The summed E-state index contributed by atoms with van der Waals surface area (Å²) < 4.78 is 0. The predicted octanol–water partition coefficient (Wildman–Crippen LogP) is 0.149. The normalized spacial score (nSPS) is 21.0. The van der Waals surface area contributed by atoms with Crippen molar-refractivity contribution >= 4 is 12.0 Å². The number of rotatable bonds is 2. The van der Waals surface area contributed by atoms with Gasteiger partial charge in [-0.2, -0.15) is 0 Å². The van der Waals surface area contributed by atoms with Gasteiger partial charge in [0.15, 0.2) is 0 Å². The van der Waals surface area contributed by atoms with Crippen molar-refractivity contribution in [3.05, 3.63) is 0 Å². The van der Waals surface area contributed by atoms with Crippen LogP contribution in [0.15, 0.2) is 0 Å². The van der Waals surface area contributed by atoms with Crippen molar-refractivity contribution < 1.29 is 19.5 Å². The van der Waals surface area contributed by atoms with E-state index < -0.39 is 12.1 Å². The van der Waals surface area contributed by atoms with Gasteiger partial charge in [0.25, 0.3) is 5.91 Å². The van der Waals surface area contributed by atoms with Crippen LogP contribution in [0.25, 0.3) is 0 Å². The summed E-state index contributed by atoms with van der Waals surface area (Å²) in [6.07, 6.45) is 0.240. The number of carbonyl (C=O) groups excluding carboxylic acids is 1. The van der Waals surface area contributed by atoms with Gasteiger partial charge in [-0.25, -0.2) is 9.86 Å². The van der Waals surface area contributed by atoms with E-state index >= 15 is 0 Å². The van der Waals surface area contributed by atoms with Crippen molar-refractivity contribution in [3.63, 3.8) is 0 Å². The number of nitrogens with zero attached hydrogens (tertiary/aromatic N) is 2. The minimum absolute atomic E-state index is 0.313. The zero-order valence-electron chi connectivity index (χ0n) is 8.27. The molecule has 1 aliphatic heterocycles. The SMILES string of the molecule is CON(C)C(=O)[C@H]1CCCN1C(=O)O. The fourth-order valence-corrected chi connectivity index (χ4v) is 1.55. The lowest BCUT2D eigenvalue weighted by Gasteiger charge is -2.24. The molecule has 80 valence electrons. The Morgan fingerprint density at radius 3 is 2.71 bits per heavy atom. The van der Waals surface area contributed by atoms with E-state index in [0.29, 0.717) is 13.0 Å². The van der Waals surface area contributed by atoms with Crippen LogP contribution in [-0.2, 0) is 9.63 Å². The molecule has 0 spiro atoms. The Hall–Kier alpha value is -1.30. The van der Waals surface area contributed by atoms with Crippen LogP contribution in [0, 0.1) is 0 Å². The Bertz CT molecular complexity index is 243. The average Bonchev–Trinajstić information content (AvgIpc) is 2.63. The molecule has 1 aliphatic rings. The third-order valence-corrected chi connectivity index (χ3v) is 2.37. The minimum Gasteiger partial charge on any atom is -0.465 e. The average molecular weight is 202 g/mol. The molecule has 0 saturated carbocycles. The van der Waals surface area contributed by atoms with E-state index in [4.69, 9.17) is 9.94 Å². The molecule has 0 radical (unpaired) electrons. The van der Waals surface area contributed by atoms with Gasteiger partial charge in [0.2, 0.25) is 0 Å². The first kappa shape index (κ1) is 10.8. The number of likely N-dealkylation sites (N-methyl/N-ethyl adjacent to an activating group) is 1. The molecule has 1 atom stereocenters. The fraction of sp³-hybridized carbons (Fsp3) is 0.750. The van der Waals surface area contributed by atoms with E-state index in [-0.39, 0.29) is 5.91 Å². The van der Waals surface area contributed by atoms with Crippen LogP contribution in [0.3, 0.4) is 0 Å². The van der Waals surface area contributed by atoms with E-state index in [2.05, 4.69) is 0 Å². The Morgan fingerprint density at radius 2 is 2.21 bits per heavy atom. The topological polar surface area (TPSA) is 70.1 Å². The second-order valence-electron chi connectivity index (χ2n) is 3.15. The maximum atomic E-state index is 11.6. The molecule has 6 heteroatoms. The van der Waals surface area contributed by atoms with Crippen LogP contribution in [-0.4, -0.2) is 53.8 Å². The highest BCUT2D eigenvalue weighted by atomic mass is 16.7. The lowest BCUT2D eigenvalue weighted by molar-refractivity contribution is -0.173. The number of hydrogen-bond donors (Lipinski definition) is 1. The van der Waals surface area contributed by atoms with Crippen molar-refractivity contribution in [2.45, 2.75) is 18.9 Å². The van der Waals surface area contributed by atoms with E-state index in [1.807, 2.05) is 0 Å². The standard InChI is InChI=1S/C8H14N2O4/c1-9(14-2)7(11)6-4-3-5-10(6)8(12)13/h6H,3-5H2,1-2H3,(H,12,13)/t6-/m1/s1. The van der Waals surface area contributed by atoms with Crippen LogP contribution in [0.4, 0.5) is 4.79 Å². The number of likely N-dealkylation sites (tertiary alicyclic amines) is 1. The number of amides is 2. The first-order chi connectivity index (χ1) is 6.57. The lowest BCUT2D eigenvalue weighted by Crippen LogP contribution is -2.45. The summed E-state index contributed by atoms with van der Waals surface area (Å²) in [6.45, 7) is 0.420. The van der Waals surface area contributed by atoms with Crippen LogP contribution >= 0.6 is 0 Å². The minimum atomic E-state index is -1.05. The molecule has 0 aliphatic carbocycles. The van der Waals surface area contributed by atoms with Gasteiger partial charge in [-0.15, -0.1) is 0 Å². The highest BCUT2D eigenvalue weighted by Gasteiger charge is 2.35. The molecule has 1 fully saturated rings. The largest absolute Gasteiger partial charge is 0.465 e. The number of hydroxylamine groups is 2. The number of carbonyl (C=O) groups is 2. The molecule has 0 unspecified atom stereocenters. The third-order valence-electron chi connectivity index (χ3n) is 2.37. The van der Waals surface area contributed by atoms with E-state index in [1.54, 1.807) is 0 Å². The van der Waals surface area contributed by atoms with Crippen molar-refractivity contribution in [2.75, 3.05) is 20.7 Å². The summed E-state index contributed by atoms with van der Waals surface area (Å²) in [7, 11) is 2.85. The zero-order chi connectivity index (χ0) is 10.7. The molecular formula is C8H14N2O4. The van der Waals surface area contributed by atoms with Gasteiger partial charge in [0.1, 0.15) is 6.04 Å². The summed E-state index contributed by atoms with van der Waals surface area (Å²) in [6, 6.07) is -0.586. The molecule has 1 heterocycles. The lowest BCUT2D eigenvalue weighted by atomic mass is 10.2. The predicted molar refractivity (Wildman–Crippen MR) is 47.5 cm³/mol. The van der Waals surface area contributed by atoms with Gasteiger partial charge in [0.05, 0.1) is 7.11 Å². The van der Waals surface area contributed by atoms with Crippen molar-refractivity contribution in [3.8, 4) is 0 Å². The van der Waals surface area contributed by atoms with Crippen LogP contribution in [0.2, 0.25) is 0 Å². The van der Waals surface area contributed by atoms with Gasteiger partial charge >= 0.3 is 6.09 Å². The molecule has 2 amide bonds. The Morgan fingerprint density at radius 1 is 1.57 bits per heavy atom. The van der Waals surface area contributed by atoms with Gasteiger partial charge in [0, 0.05) is 13.6 Å². The molecule has 1 N–H and O–H groups in total. The Labute approximate surface area is 82.0 Å². The first-order valence-electron chi connectivity index (χ1n) is 4.39. The zero-order valence-corrected chi connectivity index (χ0v) is 8.27. The van der Waals surface area contributed by atoms with E-state index in [9.17, 15) is 9.59 Å². The van der Waals surface area contributed by atoms with E-state index in [0.717, 1.165) is 16.4 Å². The molecule has 0 aromatic carbocycles. The summed E-state index contributed by atoms with van der Waals surface area (Å²) in [5.41, 5.74) is 0. The molecule has 0 bridgehead atoms. The number of hydrogen-bond acceptors (Lipinski definition) is 3. The summed E-state index contributed by atoms with van der Waals surface area (Å²) in [5.74, 6) is -0.313. The van der Waals surface area contributed by atoms with Crippen LogP contribution in [0.5, 0.6) is 0 Å². The maximum Gasteiger partial charge on any atom is 0.407 e. The van der Waals surface area contributed by atoms with Crippen LogP contribution in [0.1, 0.15) is 12.8 Å². The quantitative estimate of drug-likeness (QED) is 0.647. The summed E-state index contributed by atoms with van der Waals surface area (Å²) in [4.78, 5) is 28.2.